The van der Waals surface area contributed by atoms with Crippen LogP contribution in [0.4, 0.5) is 0 Å². The Morgan fingerprint density at radius 1 is 0.526 bits per heavy atom. The number of carbonyl (C=O) groups excluding carboxylic acids is 2. The molecule has 11 heteroatoms. The van der Waals surface area contributed by atoms with Crippen LogP contribution in [0.3, 0.4) is 0 Å². The van der Waals surface area contributed by atoms with Crippen molar-refractivity contribution in [3.8, 4) is 0 Å². The third-order valence-corrected chi connectivity index (χ3v) is 9.18. The molecule has 10 nitrogen and oxygen atoms in total. The Labute approximate surface area is 344 Å². The van der Waals surface area contributed by atoms with Crippen molar-refractivity contribution in [3.05, 3.63) is 97.2 Å². The Morgan fingerprint density at radius 3 is 1.37 bits per heavy atom. The van der Waals surface area contributed by atoms with Crippen LogP contribution in [0.15, 0.2) is 97.2 Å². The molecular formula is C46H75O10P. The van der Waals surface area contributed by atoms with Crippen LogP contribution in [0, 0.1) is 0 Å². The van der Waals surface area contributed by atoms with Gasteiger partial charge in [0.15, 0.2) is 6.10 Å². The van der Waals surface area contributed by atoms with E-state index in [1.165, 1.54) is 44.9 Å². The van der Waals surface area contributed by atoms with Gasteiger partial charge in [0.05, 0.1) is 19.8 Å². The minimum absolute atomic E-state index is 0.0467. The van der Waals surface area contributed by atoms with Gasteiger partial charge in [-0.05, 0) is 89.9 Å². The lowest BCUT2D eigenvalue weighted by Gasteiger charge is -2.20. The van der Waals surface area contributed by atoms with Gasteiger partial charge < -0.3 is 24.6 Å². The molecule has 3 N–H and O–H groups in total. The number of rotatable bonds is 38. The van der Waals surface area contributed by atoms with Crippen molar-refractivity contribution in [2.75, 3.05) is 26.4 Å². The first-order valence-corrected chi connectivity index (χ1v) is 22.7. The van der Waals surface area contributed by atoms with Crippen molar-refractivity contribution in [3.63, 3.8) is 0 Å². The molecule has 0 amide bonds. The van der Waals surface area contributed by atoms with E-state index in [9.17, 15) is 24.2 Å². The van der Waals surface area contributed by atoms with Gasteiger partial charge in [-0.25, -0.2) is 4.57 Å². The van der Waals surface area contributed by atoms with Crippen molar-refractivity contribution >= 4 is 19.8 Å². The third kappa shape index (κ3) is 40.9. The zero-order valence-corrected chi connectivity index (χ0v) is 35.9. The molecule has 0 spiro atoms. The summed E-state index contributed by atoms with van der Waals surface area (Å²) < 4.78 is 32.5. The molecule has 0 aliphatic heterocycles. The highest BCUT2D eigenvalue weighted by molar-refractivity contribution is 7.47. The molecule has 0 radical (unpaired) electrons. The molecule has 0 rings (SSSR count). The monoisotopic (exact) mass is 819 g/mol. The predicted octanol–water partition coefficient (Wildman–Crippen LogP) is 11.2. The average molecular weight is 819 g/mol. The van der Waals surface area contributed by atoms with Gasteiger partial charge in [-0.1, -0.05) is 137 Å². The summed E-state index contributed by atoms with van der Waals surface area (Å²) in [5.74, 6) is -1.08. The van der Waals surface area contributed by atoms with E-state index in [0.717, 1.165) is 57.8 Å². The largest absolute Gasteiger partial charge is 0.472 e. The van der Waals surface area contributed by atoms with Crippen molar-refractivity contribution in [2.24, 2.45) is 0 Å². The summed E-state index contributed by atoms with van der Waals surface area (Å²) in [6, 6.07) is 0. The van der Waals surface area contributed by atoms with Crippen LogP contribution < -0.4 is 0 Å². The van der Waals surface area contributed by atoms with Gasteiger partial charge in [0.25, 0.3) is 0 Å². The zero-order chi connectivity index (χ0) is 41.9. The van der Waals surface area contributed by atoms with E-state index >= 15 is 0 Å². The van der Waals surface area contributed by atoms with Crippen molar-refractivity contribution in [1.29, 1.82) is 0 Å². The highest BCUT2D eigenvalue weighted by atomic mass is 31.2. The summed E-state index contributed by atoms with van der Waals surface area (Å²) in [7, 11) is -4.65. The Balaban J connectivity index is 4.53. The Morgan fingerprint density at radius 2 is 0.930 bits per heavy atom. The van der Waals surface area contributed by atoms with Gasteiger partial charge in [-0.3, -0.25) is 18.6 Å². The number of aliphatic hydroxyl groups is 2. The topological polar surface area (TPSA) is 149 Å². The fourth-order valence-electron chi connectivity index (χ4n) is 4.92. The van der Waals surface area contributed by atoms with E-state index in [2.05, 4.69) is 103 Å². The molecule has 0 aromatic carbocycles. The smallest absolute Gasteiger partial charge is 0.462 e. The standard InChI is InChI=1S/C46H75O10P/c1-3-5-7-9-11-13-15-17-19-20-21-22-24-26-28-30-32-34-36-38-46(50)56-44(42-55-57(51,52)54-40-43(48)39-47)41-53-45(49)37-35-33-31-29-27-25-23-18-16-14-12-10-8-6-4-2/h11-14,17-19,21-23,26-29,32,34,43-44,47-48H,3-10,15-16,20,24-25,30-31,33,35-42H2,1-2H3,(H,51,52). The molecule has 0 aliphatic rings. The molecule has 3 atom stereocenters. The highest BCUT2D eigenvalue weighted by Gasteiger charge is 2.27. The lowest BCUT2D eigenvalue weighted by molar-refractivity contribution is -0.161. The second kappa shape index (κ2) is 41.1. The van der Waals surface area contributed by atoms with Gasteiger partial charge >= 0.3 is 19.8 Å². The van der Waals surface area contributed by atoms with Gasteiger partial charge in [-0.15, -0.1) is 0 Å². The summed E-state index contributed by atoms with van der Waals surface area (Å²) in [5.41, 5.74) is 0. The second-order valence-corrected chi connectivity index (χ2v) is 15.1. The number of ether oxygens (including phenoxy) is 2. The average Bonchev–Trinajstić information content (AvgIpc) is 3.20. The second-order valence-electron chi connectivity index (χ2n) is 13.7. The molecule has 0 aromatic heterocycles. The summed E-state index contributed by atoms with van der Waals surface area (Å²) in [5, 5.41) is 18.3. The number of allylic oxidation sites excluding steroid dienone is 16. The summed E-state index contributed by atoms with van der Waals surface area (Å²) in [6.45, 7) is 2.16. The SMILES string of the molecule is CCCCCC=CCC=CCC=CCC=CCC=CCCC(=O)OC(COC(=O)CCCCC=CCC=CCC=CCCCCC)COP(=O)(O)OCC(O)CO. The van der Waals surface area contributed by atoms with Crippen LogP contribution in [0.2, 0.25) is 0 Å². The number of hydrogen-bond donors (Lipinski definition) is 3. The van der Waals surface area contributed by atoms with Gasteiger partial charge in [0.2, 0.25) is 0 Å². The van der Waals surface area contributed by atoms with Gasteiger partial charge in [-0.2, -0.15) is 0 Å². The van der Waals surface area contributed by atoms with Gasteiger partial charge in [0.1, 0.15) is 12.7 Å². The van der Waals surface area contributed by atoms with E-state index < -0.39 is 51.8 Å². The van der Waals surface area contributed by atoms with Crippen LogP contribution in [-0.4, -0.2) is 65.7 Å². The quantitative estimate of drug-likeness (QED) is 0.0238. The molecule has 0 saturated heterocycles. The fraction of sp³-hybridized carbons (Fsp3) is 0.609. The molecular weight excluding hydrogens is 743 g/mol. The molecule has 0 fully saturated rings. The van der Waals surface area contributed by atoms with Crippen molar-refractivity contribution < 1.29 is 47.8 Å². The number of phosphoric acid groups is 1. The van der Waals surface area contributed by atoms with Crippen LogP contribution in [0.25, 0.3) is 0 Å². The van der Waals surface area contributed by atoms with E-state index in [4.69, 9.17) is 19.1 Å². The van der Waals surface area contributed by atoms with Crippen LogP contribution in [-0.2, 0) is 32.7 Å². The first kappa shape index (κ1) is 53.9. The molecule has 0 heterocycles. The maximum atomic E-state index is 12.6. The lowest BCUT2D eigenvalue weighted by atomic mass is 10.1. The fourth-order valence-corrected chi connectivity index (χ4v) is 5.71. The minimum Gasteiger partial charge on any atom is -0.462 e. The van der Waals surface area contributed by atoms with E-state index in [1.54, 1.807) is 0 Å². The van der Waals surface area contributed by atoms with E-state index in [-0.39, 0.29) is 19.4 Å². The van der Waals surface area contributed by atoms with Crippen LogP contribution in [0.5, 0.6) is 0 Å². The number of carbonyl (C=O) groups is 2. The van der Waals surface area contributed by atoms with E-state index in [0.29, 0.717) is 12.8 Å². The molecule has 324 valence electrons. The normalized spacial score (nSPS) is 14.8. The molecule has 0 bridgehead atoms. The van der Waals surface area contributed by atoms with E-state index in [1.807, 2.05) is 12.2 Å². The number of phosphoric ester groups is 1. The first-order valence-electron chi connectivity index (χ1n) is 21.2. The third-order valence-electron chi connectivity index (χ3n) is 8.22. The molecule has 57 heavy (non-hydrogen) atoms. The Hall–Kier alpha value is -3.11. The predicted molar refractivity (Wildman–Crippen MR) is 232 cm³/mol. The number of esters is 2. The number of aliphatic hydroxyl groups excluding tert-OH is 2. The Bertz CT molecular complexity index is 1260. The molecule has 0 saturated carbocycles. The number of hydrogen-bond acceptors (Lipinski definition) is 9. The number of unbranched alkanes of at least 4 members (excludes halogenated alkanes) is 8. The van der Waals surface area contributed by atoms with Crippen molar-refractivity contribution in [2.45, 2.75) is 154 Å². The van der Waals surface area contributed by atoms with Gasteiger partial charge in [0, 0.05) is 12.8 Å². The van der Waals surface area contributed by atoms with Crippen LogP contribution >= 0.6 is 7.82 Å². The minimum atomic E-state index is -4.65. The van der Waals surface area contributed by atoms with Crippen LogP contribution in [0.1, 0.15) is 142 Å². The summed E-state index contributed by atoms with van der Waals surface area (Å²) >= 11 is 0. The molecule has 3 unspecified atom stereocenters. The first-order chi connectivity index (χ1) is 27.7. The zero-order valence-electron chi connectivity index (χ0n) is 35.0. The highest BCUT2D eigenvalue weighted by Crippen LogP contribution is 2.43. The maximum absolute atomic E-state index is 12.6. The lowest BCUT2D eigenvalue weighted by Crippen LogP contribution is -2.29. The summed E-state index contributed by atoms with van der Waals surface area (Å²) in [4.78, 5) is 34.9. The Kier molecular flexibility index (Phi) is 38.8. The van der Waals surface area contributed by atoms with Crippen molar-refractivity contribution in [1.82, 2.24) is 0 Å². The molecule has 0 aromatic rings. The molecule has 0 aliphatic carbocycles. The maximum Gasteiger partial charge on any atom is 0.472 e. The summed E-state index contributed by atoms with van der Waals surface area (Å²) in [6.07, 6.45) is 49.6.